The Bertz CT molecular complexity index is 209. The summed E-state index contributed by atoms with van der Waals surface area (Å²) in [6.07, 6.45) is 0. The van der Waals surface area contributed by atoms with E-state index in [2.05, 4.69) is 53.1 Å². The molecule has 1 fully saturated rings. The second-order valence-corrected chi connectivity index (χ2v) is 6.04. The van der Waals surface area contributed by atoms with Gasteiger partial charge in [-0.15, -0.1) is 0 Å². The van der Waals surface area contributed by atoms with Gasteiger partial charge in [0.2, 0.25) is 0 Å². The van der Waals surface area contributed by atoms with Crippen LogP contribution in [0.2, 0.25) is 0 Å². The molecule has 5 nitrogen and oxygen atoms in total. The SMILES string of the molecule is CN(C)CCNCCN1CCN(CCN(C)C)CC1. The van der Waals surface area contributed by atoms with Gasteiger partial charge in [-0.3, -0.25) is 9.80 Å². The molecule has 5 heteroatoms. The summed E-state index contributed by atoms with van der Waals surface area (Å²) in [6, 6.07) is 0. The van der Waals surface area contributed by atoms with Gasteiger partial charge in [0.1, 0.15) is 0 Å². The standard InChI is InChI=1S/C14H33N5/c1-16(2)7-5-15-6-8-18-11-13-19(14-12-18)10-9-17(3)4/h15H,5-14H2,1-4H3. The molecule has 0 aromatic carbocycles. The first kappa shape index (κ1) is 16.9. The molecule has 1 saturated heterocycles. The minimum Gasteiger partial charge on any atom is -0.314 e. The molecule has 114 valence electrons. The highest BCUT2D eigenvalue weighted by molar-refractivity contribution is 4.73. The largest absolute Gasteiger partial charge is 0.314 e. The molecule has 1 aliphatic heterocycles. The predicted molar refractivity (Wildman–Crippen MR) is 82.9 cm³/mol. The lowest BCUT2D eigenvalue weighted by molar-refractivity contribution is 0.126. The number of hydrogen-bond donors (Lipinski definition) is 1. The van der Waals surface area contributed by atoms with Crippen LogP contribution in [0, 0.1) is 0 Å². The number of rotatable bonds is 9. The third-order valence-electron chi connectivity index (χ3n) is 3.67. The maximum absolute atomic E-state index is 3.51. The van der Waals surface area contributed by atoms with Gasteiger partial charge in [0.25, 0.3) is 0 Å². The first-order valence-electron chi connectivity index (χ1n) is 7.53. The van der Waals surface area contributed by atoms with E-state index in [1.54, 1.807) is 0 Å². The van der Waals surface area contributed by atoms with Crippen LogP contribution >= 0.6 is 0 Å². The summed E-state index contributed by atoms with van der Waals surface area (Å²) in [7, 11) is 8.54. The Morgan fingerprint density at radius 3 is 1.79 bits per heavy atom. The minimum atomic E-state index is 1.09. The second kappa shape index (κ2) is 9.66. The maximum Gasteiger partial charge on any atom is 0.0110 e. The highest BCUT2D eigenvalue weighted by atomic mass is 15.3. The van der Waals surface area contributed by atoms with Crippen molar-refractivity contribution in [3.05, 3.63) is 0 Å². The first-order valence-corrected chi connectivity index (χ1v) is 7.53. The van der Waals surface area contributed by atoms with Crippen LogP contribution in [0.1, 0.15) is 0 Å². The molecule has 1 heterocycles. The van der Waals surface area contributed by atoms with E-state index >= 15 is 0 Å². The van der Waals surface area contributed by atoms with Gasteiger partial charge >= 0.3 is 0 Å². The van der Waals surface area contributed by atoms with Crippen molar-refractivity contribution >= 4 is 0 Å². The Morgan fingerprint density at radius 1 is 0.737 bits per heavy atom. The van der Waals surface area contributed by atoms with E-state index in [9.17, 15) is 0 Å². The molecule has 1 aliphatic rings. The summed E-state index contributed by atoms with van der Waals surface area (Å²) >= 11 is 0. The molecule has 19 heavy (non-hydrogen) atoms. The molecule has 0 saturated carbocycles. The summed E-state index contributed by atoms with van der Waals surface area (Å²) in [5, 5.41) is 3.51. The van der Waals surface area contributed by atoms with Gasteiger partial charge in [-0.05, 0) is 28.2 Å². The molecule has 0 aliphatic carbocycles. The van der Waals surface area contributed by atoms with Gasteiger partial charge in [-0.2, -0.15) is 0 Å². The van der Waals surface area contributed by atoms with Crippen LogP contribution in [-0.2, 0) is 0 Å². The molecule has 0 amide bonds. The van der Waals surface area contributed by atoms with Crippen molar-refractivity contribution in [3.63, 3.8) is 0 Å². The Hall–Kier alpha value is -0.200. The average Bonchev–Trinajstić information content (AvgIpc) is 2.37. The normalized spacial score (nSPS) is 18.6. The van der Waals surface area contributed by atoms with Crippen molar-refractivity contribution in [2.24, 2.45) is 0 Å². The molecule has 0 spiro atoms. The van der Waals surface area contributed by atoms with Gasteiger partial charge in [-0.1, -0.05) is 0 Å². The summed E-state index contributed by atoms with van der Waals surface area (Å²) < 4.78 is 0. The molecule has 0 aromatic rings. The topological polar surface area (TPSA) is 25.0 Å². The zero-order valence-electron chi connectivity index (χ0n) is 13.4. The lowest BCUT2D eigenvalue weighted by Crippen LogP contribution is -2.49. The van der Waals surface area contributed by atoms with Gasteiger partial charge in [0.15, 0.2) is 0 Å². The van der Waals surface area contributed by atoms with Crippen molar-refractivity contribution in [1.82, 2.24) is 24.9 Å². The Morgan fingerprint density at radius 2 is 1.26 bits per heavy atom. The van der Waals surface area contributed by atoms with Crippen LogP contribution in [0.15, 0.2) is 0 Å². The van der Waals surface area contributed by atoms with E-state index in [-0.39, 0.29) is 0 Å². The van der Waals surface area contributed by atoms with E-state index in [4.69, 9.17) is 0 Å². The van der Waals surface area contributed by atoms with E-state index in [0.29, 0.717) is 0 Å². The van der Waals surface area contributed by atoms with Crippen LogP contribution in [0.25, 0.3) is 0 Å². The molecule has 0 bridgehead atoms. The lowest BCUT2D eigenvalue weighted by Gasteiger charge is -2.35. The van der Waals surface area contributed by atoms with Crippen molar-refractivity contribution in [3.8, 4) is 0 Å². The molecule has 0 aromatic heterocycles. The molecule has 1 rings (SSSR count). The number of nitrogens with zero attached hydrogens (tertiary/aromatic N) is 4. The monoisotopic (exact) mass is 271 g/mol. The Balaban J connectivity index is 1.97. The Kier molecular flexibility index (Phi) is 8.57. The molecule has 1 N–H and O–H groups in total. The van der Waals surface area contributed by atoms with E-state index in [1.165, 1.54) is 45.8 Å². The van der Waals surface area contributed by atoms with Crippen LogP contribution in [0.5, 0.6) is 0 Å². The third-order valence-corrected chi connectivity index (χ3v) is 3.67. The van der Waals surface area contributed by atoms with Crippen molar-refractivity contribution in [2.45, 2.75) is 0 Å². The van der Waals surface area contributed by atoms with Crippen molar-refractivity contribution < 1.29 is 0 Å². The summed E-state index contributed by atoms with van der Waals surface area (Å²) in [6.45, 7) is 11.8. The highest BCUT2D eigenvalue weighted by Gasteiger charge is 2.15. The number of piperazine rings is 1. The lowest BCUT2D eigenvalue weighted by atomic mass is 10.3. The van der Waals surface area contributed by atoms with E-state index in [1.807, 2.05) is 0 Å². The average molecular weight is 271 g/mol. The summed E-state index contributed by atoms with van der Waals surface area (Å²) in [5.41, 5.74) is 0. The zero-order chi connectivity index (χ0) is 14.1. The van der Waals surface area contributed by atoms with Crippen LogP contribution < -0.4 is 5.32 Å². The van der Waals surface area contributed by atoms with Crippen molar-refractivity contribution in [1.29, 1.82) is 0 Å². The fraction of sp³-hybridized carbons (Fsp3) is 1.00. The predicted octanol–water partition coefficient (Wildman–Crippen LogP) is -0.683. The molecular weight excluding hydrogens is 238 g/mol. The smallest absolute Gasteiger partial charge is 0.0110 e. The minimum absolute atomic E-state index is 1.09. The van der Waals surface area contributed by atoms with E-state index < -0.39 is 0 Å². The number of likely N-dealkylation sites (N-methyl/N-ethyl adjacent to an activating group) is 2. The van der Waals surface area contributed by atoms with Gasteiger partial charge in [0, 0.05) is 65.4 Å². The fourth-order valence-corrected chi connectivity index (χ4v) is 2.24. The van der Waals surface area contributed by atoms with Gasteiger partial charge in [-0.25, -0.2) is 0 Å². The zero-order valence-corrected chi connectivity index (χ0v) is 13.4. The summed E-state index contributed by atoms with van der Waals surface area (Å²) in [4.78, 5) is 9.64. The Labute approximate surface area is 119 Å². The van der Waals surface area contributed by atoms with Crippen LogP contribution in [-0.4, -0.2) is 113 Å². The molecule has 0 unspecified atom stereocenters. The van der Waals surface area contributed by atoms with Gasteiger partial charge in [0.05, 0.1) is 0 Å². The molecule has 0 atom stereocenters. The number of hydrogen-bond acceptors (Lipinski definition) is 5. The quantitative estimate of drug-likeness (QED) is 0.560. The molecule has 0 radical (unpaired) electrons. The second-order valence-electron chi connectivity index (χ2n) is 6.04. The third kappa shape index (κ3) is 8.55. The molecular formula is C14H33N5. The number of nitrogens with one attached hydrogen (secondary N) is 1. The van der Waals surface area contributed by atoms with Crippen LogP contribution in [0.3, 0.4) is 0 Å². The summed E-state index contributed by atoms with van der Waals surface area (Å²) in [5.74, 6) is 0. The van der Waals surface area contributed by atoms with Crippen molar-refractivity contribution in [2.75, 3.05) is 93.6 Å². The fourth-order valence-electron chi connectivity index (χ4n) is 2.24. The first-order chi connectivity index (χ1) is 9.08. The van der Waals surface area contributed by atoms with Gasteiger partial charge < -0.3 is 15.1 Å². The highest BCUT2D eigenvalue weighted by Crippen LogP contribution is 2.00. The van der Waals surface area contributed by atoms with Crippen LogP contribution in [0.4, 0.5) is 0 Å². The maximum atomic E-state index is 3.51. The van der Waals surface area contributed by atoms with E-state index in [0.717, 1.165) is 19.6 Å².